The standard InChI is InChI=1S/C11H18O6S/c1-4-18-10-9(16-7(3)13)8(17-11(10)14)5-15-6(2)12/h8-11,14H,4-5H2,1-3H3/t8-,9-,10+,11-/m1/s1. The van der Waals surface area contributed by atoms with Crippen molar-refractivity contribution in [2.75, 3.05) is 12.4 Å². The first-order chi connectivity index (χ1) is 8.45. The molecule has 0 amide bonds. The van der Waals surface area contributed by atoms with E-state index < -0.39 is 30.4 Å². The van der Waals surface area contributed by atoms with Crippen molar-refractivity contribution >= 4 is 23.7 Å². The number of aliphatic hydroxyl groups excluding tert-OH is 1. The van der Waals surface area contributed by atoms with E-state index in [1.807, 2.05) is 6.92 Å². The van der Waals surface area contributed by atoms with Gasteiger partial charge in [-0.1, -0.05) is 6.92 Å². The van der Waals surface area contributed by atoms with E-state index in [0.29, 0.717) is 0 Å². The Bertz CT molecular complexity index is 308. The van der Waals surface area contributed by atoms with E-state index >= 15 is 0 Å². The molecule has 0 aromatic rings. The third-order valence-corrected chi connectivity index (χ3v) is 3.62. The smallest absolute Gasteiger partial charge is 0.303 e. The zero-order chi connectivity index (χ0) is 13.7. The number of hydrogen-bond acceptors (Lipinski definition) is 7. The van der Waals surface area contributed by atoms with Crippen LogP contribution in [0.2, 0.25) is 0 Å². The van der Waals surface area contributed by atoms with Crippen molar-refractivity contribution in [2.45, 2.75) is 44.5 Å². The van der Waals surface area contributed by atoms with Crippen molar-refractivity contribution in [2.24, 2.45) is 0 Å². The van der Waals surface area contributed by atoms with Gasteiger partial charge in [-0.15, -0.1) is 11.8 Å². The lowest BCUT2D eigenvalue weighted by Crippen LogP contribution is -2.37. The topological polar surface area (TPSA) is 82.1 Å². The molecule has 1 aliphatic heterocycles. The lowest BCUT2D eigenvalue weighted by molar-refractivity contribution is -0.159. The van der Waals surface area contributed by atoms with Crippen LogP contribution in [0.3, 0.4) is 0 Å². The second kappa shape index (κ2) is 6.96. The molecule has 7 heteroatoms. The van der Waals surface area contributed by atoms with Gasteiger partial charge in [0, 0.05) is 13.8 Å². The second-order valence-electron chi connectivity index (χ2n) is 3.86. The number of carbonyl (C=O) groups excluding carboxylic acids is 2. The molecule has 1 heterocycles. The van der Waals surface area contributed by atoms with Gasteiger partial charge < -0.3 is 19.3 Å². The summed E-state index contributed by atoms with van der Waals surface area (Å²) in [7, 11) is 0. The molecule has 1 N–H and O–H groups in total. The van der Waals surface area contributed by atoms with Gasteiger partial charge in [0.15, 0.2) is 6.29 Å². The molecular formula is C11H18O6S. The Labute approximate surface area is 110 Å². The minimum Gasteiger partial charge on any atom is -0.463 e. The van der Waals surface area contributed by atoms with Crippen LogP contribution in [0.15, 0.2) is 0 Å². The maximum absolute atomic E-state index is 11.1. The summed E-state index contributed by atoms with van der Waals surface area (Å²) >= 11 is 1.44. The van der Waals surface area contributed by atoms with Gasteiger partial charge in [-0.05, 0) is 5.75 Å². The van der Waals surface area contributed by atoms with Crippen molar-refractivity contribution in [1.82, 2.24) is 0 Å². The van der Waals surface area contributed by atoms with Crippen LogP contribution in [0.4, 0.5) is 0 Å². The summed E-state index contributed by atoms with van der Waals surface area (Å²) in [6.07, 6.45) is -2.27. The van der Waals surface area contributed by atoms with Crippen LogP contribution in [-0.4, -0.2) is 53.2 Å². The van der Waals surface area contributed by atoms with E-state index in [4.69, 9.17) is 14.2 Å². The molecule has 6 nitrogen and oxygen atoms in total. The van der Waals surface area contributed by atoms with Gasteiger partial charge in [-0.25, -0.2) is 0 Å². The Kier molecular flexibility index (Phi) is 5.90. The Morgan fingerprint density at radius 2 is 2.00 bits per heavy atom. The van der Waals surface area contributed by atoms with Crippen LogP contribution in [-0.2, 0) is 23.8 Å². The molecule has 0 saturated carbocycles. The number of rotatable bonds is 5. The molecule has 0 aromatic carbocycles. The summed E-state index contributed by atoms with van der Waals surface area (Å²) in [5.41, 5.74) is 0. The number of ether oxygens (including phenoxy) is 3. The van der Waals surface area contributed by atoms with Crippen LogP contribution < -0.4 is 0 Å². The molecule has 18 heavy (non-hydrogen) atoms. The largest absolute Gasteiger partial charge is 0.463 e. The summed E-state index contributed by atoms with van der Waals surface area (Å²) in [5.74, 6) is -0.142. The summed E-state index contributed by atoms with van der Waals surface area (Å²) in [5, 5.41) is 9.40. The predicted molar refractivity (Wildman–Crippen MR) is 65.0 cm³/mol. The van der Waals surface area contributed by atoms with Crippen molar-refractivity contribution in [3.63, 3.8) is 0 Å². The van der Waals surface area contributed by atoms with Gasteiger partial charge in [0.05, 0.1) is 5.25 Å². The number of aliphatic hydroxyl groups is 1. The molecule has 0 aliphatic carbocycles. The van der Waals surface area contributed by atoms with E-state index in [0.717, 1.165) is 5.75 Å². The van der Waals surface area contributed by atoms with E-state index in [2.05, 4.69) is 0 Å². The fourth-order valence-corrected chi connectivity index (χ4v) is 2.78. The maximum Gasteiger partial charge on any atom is 0.303 e. The molecular weight excluding hydrogens is 260 g/mol. The van der Waals surface area contributed by atoms with E-state index in [1.54, 1.807) is 0 Å². The Hall–Kier alpha value is -0.790. The second-order valence-corrected chi connectivity index (χ2v) is 5.32. The molecule has 1 fully saturated rings. The minimum atomic E-state index is -1.03. The van der Waals surface area contributed by atoms with E-state index in [-0.39, 0.29) is 11.9 Å². The molecule has 0 bridgehead atoms. The van der Waals surface area contributed by atoms with Gasteiger partial charge in [0.2, 0.25) is 0 Å². The lowest BCUT2D eigenvalue weighted by atomic mass is 10.2. The Balaban J connectivity index is 2.69. The van der Waals surface area contributed by atoms with Crippen molar-refractivity contribution in [3.8, 4) is 0 Å². The number of hydrogen-bond donors (Lipinski definition) is 1. The van der Waals surface area contributed by atoms with Gasteiger partial charge in [0.25, 0.3) is 0 Å². The normalized spacial score (nSPS) is 31.1. The fraction of sp³-hybridized carbons (Fsp3) is 0.818. The van der Waals surface area contributed by atoms with Crippen LogP contribution in [0.25, 0.3) is 0 Å². The predicted octanol–water partition coefficient (Wildman–Crippen LogP) is 0.320. The van der Waals surface area contributed by atoms with Gasteiger partial charge >= 0.3 is 11.9 Å². The summed E-state index contributed by atoms with van der Waals surface area (Å²) in [6.45, 7) is 4.47. The zero-order valence-electron chi connectivity index (χ0n) is 10.6. The zero-order valence-corrected chi connectivity index (χ0v) is 11.4. The summed E-state index contributed by atoms with van der Waals surface area (Å²) < 4.78 is 15.3. The Morgan fingerprint density at radius 3 is 2.50 bits per heavy atom. The fourth-order valence-electron chi connectivity index (χ4n) is 1.75. The molecule has 1 saturated heterocycles. The van der Waals surface area contributed by atoms with E-state index in [1.165, 1.54) is 25.6 Å². The van der Waals surface area contributed by atoms with Crippen LogP contribution in [0, 0.1) is 0 Å². The highest BCUT2D eigenvalue weighted by Gasteiger charge is 2.46. The quantitative estimate of drug-likeness (QED) is 0.725. The highest BCUT2D eigenvalue weighted by molar-refractivity contribution is 8.00. The third-order valence-electron chi connectivity index (χ3n) is 2.40. The van der Waals surface area contributed by atoms with Crippen molar-refractivity contribution in [1.29, 1.82) is 0 Å². The average molecular weight is 278 g/mol. The van der Waals surface area contributed by atoms with Crippen molar-refractivity contribution in [3.05, 3.63) is 0 Å². The first kappa shape index (κ1) is 15.3. The monoisotopic (exact) mass is 278 g/mol. The maximum atomic E-state index is 11.1. The van der Waals surface area contributed by atoms with Crippen LogP contribution >= 0.6 is 11.8 Å². The lowest BCUT2D eigenvalue weighted by Gasteiger charge is -2.21. The van der Waals surface area contributed by atoms with Gasteiger partial charge in [-0.3, -0.25) is 9.59 Å². The molecule has 0 unspecified atom stereocenters. The number of thioether (sulfide) groups is 1. The molecule has 0 spiro atoms. The molecule has 1 rings (SSSR count). The van der Waals surface area contributed by atoms with Crippen LogP contribution in [0.1, 0.15) is 20.8 Å². The van der Waals surface area contributed by atoms with Gasteiger partial charge in [0.1, 0.15) is 18.8 Å². The number of carbonyl (C=O) groups is 2. The van der Waals surface area contributed by atoms with Gasteiger partial charge in [-0.2, -0.15) is 0 Å². The first-order valence-corrected chi connectivity index (χ1v) is 6.76. The summed E-state index contributed by atoms with van der Waals surface area (Å²) in [4.78, 5) is 21.8. The molecule has 0 aromatic heterocycles. The summed E-state index contributed by atoms with van der Waals surface area (Å²) in [6, 6.07) is 0. The Morgan fingerprint density at radius 1 is 1.33 bits per heavy atom. The number of esters is 2. The third kappa shape index (κ3) is 4.15. The highest BCUT2D eigenvalue weighted by atomic mass is 32.2. The molecule has 1 aliphatic rings. The highest BCUT2D eigenvalue weighted by Crippen LogP contribution is 2.32. The molecule has 4 atom stereocenters. The van der Waals surface area contributed by atoms with E-state index in [9.17, 15) is 14.7 Å². The van der Waals surface area contributed by atoms with Crippen LogP contribution in [0.5, 0.6) is 0 Å². The first-order valence-electron chi connectivity index (χ1n) is 5.71. The average Bonchev–Trinajstić information content (AvgIpc) is 2.54. The van der Waals surface area contributed by atoms with Crippen molar-refractivity contribution < 1.29 is 28.9 Å². The SMILES string of the molecule is CCS[C@H]1[C@H](OC(C)=O)[C@@H](COC(C)=O)O[C@H]1O. The molecule has 104 valence electrons. The molecule has 0 radical (unpaired) electrons. The minimum absolute atomic E-state index is 0.0366.